The van der Waals surface area contributed by atoms with Crippen LogP contribution >= 0.6 is 0 Å². The number of fused-ring (bicyclic) bond motifs is 1. The van der Waals surface area contributed by atoms with Crippen LogP contribution in [-0.2, 0) is 12.7 Å². The molecule has 0 fully saturated rings. The maximum Gasteiger partial charge on any atom is 0.417 e. The van der Waals surface area contributed by atoms with Gasteiger partial charge in [-0.05, 0) is 67.9 Å². The molecule has 0 radical (unpaired) electrons. The number of benzene rings is 1. The molecule has 182 valence electrons. The topological polar surface area (TPSA) is 109 Å². The van der Waals surface area contributed by atoms with E-state index in [-0.39, 0.29) is 23.8 Å². The second kappa shape index (κ2) is 9.62. The van der Waals surface area contributed by atoms with Crippen LogP contribution in [0, 0.1) is 18.3 Å². The van der Waals surface area contributed by atoms with Crippen LogP contribution in [0.3, 0.4) is 0 Å². The van der Waals surface area contributed by atoms with Crippen molar-refractivity contribution in [3.63, 3.8) is 0 Å². The third kappa shape index (κ3) is 5.10. The standard InChI is InChI=1S/C26H21F3N6O/c1-15-10-18-11-17(6-9-23(18)34-24(15)31)25(36)35(16(2)22-5-3-4-20(12-30)33-22)14-21-8-7-19(13-32-21)26(27,28)29/h3-11,13,16H,14H2,1-2H3,(H2,31,34). The van der Waals surface area contributed by atoms with Gasteiger partial charge in [-0.25, -0.2) is 9.97 Å². The van der Waals surface area contributed by atoms with Gasteiger partial charge in [-0.3, -0.25) is 9.78 Å². The number of aryl methyl sites for hydroxylation is 1. The van der Waals surface area contributed by atoms with E-state index in [4.69, 9.17) is 5.73 Å². The number of amides is 1. The molecule has 0 bridgehead atoms. The molecule has 1 unspecified atom stereocenters. The number of hydrogen-bond donors (Lipinski definition) is 1. The van der Waals surface area contributed by atoms with Gasteiger partial charge in [-0.1, -0.05) is 6.07 Å². The molecule has 0 saturated heterocycles. The summed E-state index contributed by atoms with van der Waals surface area (Å²) >= 11 is 0. The Hall–Kier alpha value is -4.52. The molecule has 4 rings (SSSR count). The average molecular weight is 490 g/mol. The smallest absolute Gasteiger partial charge is 0.383 e. The number of nitrogens with zero attached hydrogens (tertiary/aromatic N) is 5. The summed E-state index contributed by atoms with van der Waals surface area (Å²) in [6, 6.07) is 15.2. The molecular formula is C26H21F3N6O. The third-order valence-corrected chi connectivity index (χ3v) is 5.82. The third-order valence-electron chi connectivity index (χ3n) is 5.82. The fourth-order valence-corrected chi connectivity index (χ4v) is 3.75. The fraction of sp³-hybridized carbons (Fsp3) is 0.192. The molecule has 3 aromatic heterocycles. The Morgan fingerprint density at radius 3 is 2.58 bits per heavy atom. The number of nitrogens with two attached hydrogens (primary N) is 1. The van der Waals surface area contributed by atoms with Gasteiger partial charge in [0.1, 0.15) is 17.6 Å². The van der Waals surface area contributed by atoms with Crippen molar-refractivity contribution in [1.29, 1.82) is 5.26 Å². The van der Waals surface area contributed by atoms with Crippen molar-refractivity contribution in [1.82, 2.24) is 19.9 Å². The van der Waals surface area contributed by atoms with E-state index in [1.807, 2.05) is 19.1 Å². The van der Waals surface area contributed by atoms with E-state index in [0.29, 0.717) is 22.6 Å². The minimum atomic E-state index is -4.52. The predicted octanol–water partition coefficient (Wildman–Crippen LogP) is 5.21. The molecule has 0 aliphatic heterocycles. The van der Waals surface area contributed by atoms with E-state index in [0.717, 1.165) is 23.2 Å². The number of carbonyl (C=O) groups is 1. The molecular weight excluding hydrogens is 469 g/mol. The first-order valence-electron chi connectivity index (χ1n) is 10.9. The summed E-state index contributed by atoms with van der Waals surface area (Å²) in [5.74, 6) is 0.0124. The lowest BCUT2D eigenvalue weighted by Crippen LogP contribution is -2.34. The summed E-state index contributed by atoms with van der Waals surface area (Å²) in [5.41, 5.74) is 7.67. The highest BCUT2D eigenvalue weighted by Gasteiger charge is 2.31. The maximum atomic E-state index is 13.7. The molecule has 1 atom stereocenters. The van der Waals surface area contributed by atoms with Gasteiger partial charge in [0.25, 0.3) is 5.91 Å². The Morgan fingerprint density at radius 2 is 1.92 bits per heavy atom. The largest absolute Gasteiger partial charge is 0.417 e. The van der Waals surface area contributed by atoms with E-state index in [2.05, 4.69) is 15.0 Å². The zero-order valence-corrected chi connectivity index (χ0v) is 19.4. The van der Waals surface area contributed by atoms with Crippen LogP contribution in [0.15, 0.2) is 60.8 Å². The zero-order chi connectivity index (χ0) is 26.0. The summed E-state index contributed by atoms with van der Waals surface area (Å²) in [5, 5.41) is 9.95. The number of halogens is 3. The van der Waals surface area contributed by atoms with Gasteiger partial charge in [-0.15, -0.1) is 0 Å². The van der Waals surface area contributed by atoms with Crippen LogP contribution in [0.25, 0.3) is 10.9 Å². The summed E-state index contributed by atoms with van der Waals surface area (Å²) in [4.78, 5) is 27.7. The highest BCUT2D eigenvalue weighted by molar-refractivity contribution is 5.98. The van der Waals surface area contributed by atoms with Crippen molar-refractivity contribution in [3.05, 3.63) is 94.6 Å². The molecule has 10 heteroatoms. The molecule has 0 aliphatic carbocycles. The van der Waals surface area contributed by atoms with Crippen molar-refractivity contribution < 1.29 is 18.0 Å². The van der Waals surface area contributed by atoms with E-state index in [1.165, 1.54) is 11.0 Å². The number of alkyl halides is 3. The Morgan fingerprint density at radius 1 is 1.14 bits per heavy atom. The summed E-state index contributed by atoms with van der Waals surface area (Å²) in [6.07, 6.45) is -3.78. The Bertz CT molecular complexity index is 1480. The number of nitrogen functional groups attached to an aromatic ring is 1. The van der Waals surface area contributed by atoms with Crippen molar-refractivity contribution in [2.45, 2.75) is 32.6 Å². The maximum absolute atomic E-state index is 13.7. The molecule has 0 spiro atoms. The minimum absolute atomic E-state index is 0.0757. The number of rotatable bonds is 5. The normalized spacial score (nSPS) is 12.2. The highest BCUT2D eigenvalue weighted by Crippen LogP contribution is 2.30. The Kier molecular flexibility index (Phi) is 6.57. The van der Waals surface area contributed by atoms with Gasteiger partial charge in [0, 0.05) is 17.1 Å². The summed E-state index contributed by atoms with van der Waals surface area (Å²) < 4.78 is 38.9. The van der Waals surface area contributed by atoms with Gasteiger partial charge in [0.2, 0.25) is 0 Å². The summed E-state index contributed by atoms with van der Waals surface area (Å²) in [6.45, 7) is 3.47. The molecule has 1 amide bonds. The second-order valence-electron chi connectivity index (χ2n) is 8.30. The predicted molar refractivity (Wildman–Crippen MR) is 127 cm³/mol. The molecule has 0 aliphatic rings. The monoisotopic (exact) mass is 490 g/mol. The molecule has 36 heavy (non-hydrogen) atoms. The number of aromatic nitrogens is 3. The second-order valence-corrected chi connectivity index (χ2v) is 8.30. The van der Waals surface area contributed by atoms with Crippen molar-refractivity contribution >= 4 is 22.6 Å². The van der Waals surface area contributed by atoms with Gasteiger partial charge >= 0.3 is 6.18 Å². The van der Waals surface area contributed by atoms with Crippen LogP contribution in [-0.4, -0.2) is 25.8 Å². The molecule has 0 saturated carbocycles. The lowest BCUT2D eigenvalue weighted by Gasteiger charge is -2.29. The molecule has 7 nitrogen and oxygen atoms in total. The molecule has 1 aromatic carbocycles. The molecule has 2 N–H and O–H groups in total. The fourth-order valence-electron chi connectivity index (χ4n) is 3.75. The van der Waals surface area contributed by atoms with Crippen LogP contribution in [0.2, 0.25) is 0 Å². The van der Waals surface area contributed by atoms with Crippen LogP contribution in [0.4, 0.5) is 19.0 Å². The van der Waals surface area contributed by atoms with Crippen molar-refractivity contribution in [2.75, 3.05) is 5.73 Å². The van der Waals surface area contributed by atoms with Gasteiger partial charge < -0.3 is 10.6 Å². The number of anilines is 1. The Labute approximate surface area is 205 Å². The number of nitriles is 1. The van der Waals surface area contributed by atoms with E-state index < -0.39 is 17.8 Å². The van der Waals surface area contributed by atoms with Crippen LogP contribution in [0.1, 0.15) is 51.5 Å². The van der Waals surface area contributed by atoms with E-state index >= 15 is 0 Å². The van der Waals surface area contributed by atoms with Gasteiger partial charge in [-0.2, -0.15) is 18.4 Å². The lowest BCUT2D eigenvalue weighted by atomic mass is 10.1. The van der Waals surface area contributed by atoms with Crippen molar-refractivity contribution in [2.24, 2.45) is 0 Å². The quantitative estimate of drug-likeness (QED) is 0.411. The first-order valence-corrected chi connectivity index (χ1v) is 10.9. The lowest BCUT2D eigenvalue weighted by molar-refractivity contribution is -0.137. The molecule has 3 heterocycles. The number of carbonyl (C=O) groups excluding carboxylic acids is 1. The average Bonchev–Trinajstić information content (AvgIpc) is 2.86. The first kappa shape index (κ1) is 24.6. The SMILES string of the molecule is Cc1cc2cc(C(=O)N(Cc3ccc(C(F)(F)F)cn3)C(C)c3cccc(C#N)n3)ccc2nc1N. The molecule has 4 aromatic rings. The van der Waals surface area contributed by atoms with E-state index in [9.17, 15) is 23.2 Å². The summed E-state index contributed by atoms with van der Waals surface area (Å²) in [7, 11) is 0. The van der Waals surface area contributed by atoms with Gasteiger partial charge in [0.15, 0.2) is 0 Å². The van der Waals surface area contributed by atoms with Crippen molar-refractivity contribution in [3.8, 4) is 6.07 Å². The highest BCUT2D eigenvalue weighted by atomic mass is 19.4. The van der Waals surface area contributed by atoms with Gasteiger partial charge in [0.05, 0.1) is 35.1 Å². The van der Waals surface area contributed by atoms with Crippen LogP contribution in [0.5, 0.6) is 0 Å². The number of pyridine rings is 3. The van der Waals surface area contributed by atoms with E-state index in [1.54, 1.807) is 43.3 Å². The first-order chi connectivity index (χ1) is 17.1. The minimum Gasteiger partial charge on any atom is -0.383 e. The Balaban J connectivity index is 1.73. The zero-order valence-electron chi connectivity index (χ0n) is 19.4. The number of hydrogen-bond acceptors (Lipinski definition) is 6. The van der Waals surface area contributed by atoms with Crippen LogP contribution < -0.4 is 5.73 Å².